The van der Waals surface area contributed by atoms with E-state index in [1.807, 2.05) is 0 Å². The summed E-state index contributed by atoms with van der Waals surface area (Å²) in [6, 6.07) is 2.65. The van der Waals surface area contributed by atoms with Gasteiger partial charge < -0.3 is 14.8 Å². The van der Waals surface area contributed by atoms with Gasteiger partial charge in [0.25, 0.3) is 0 Å². The lowest BCUT2D eigenvalue weighted by Crippen LogP contribution is -2.26. The van der Waals surface area contributed by atoms with E-state index in [1.165, 1.54) is 4.57 Å². The third-order valence-electron chi connectivity index (χ3n) is 3.62. The zero-order valence-corrected chi connectivity index (χ0v) is 11.1. The molecule has 1 atom stereocenters. The molecule has 108 valence electrons. The average Bonchev–Trinajstić information content (AvgIpc) is 2.87. The number of aromatic carboxylic acids is 1. The molecule has 2 N–H and O–H groups in total. The lowest BCUT2D eigenvalue weighted by Gasteiger charge is -2.24. The second kappa shape index (κ2) is 5.01. The standard InChI is InChI=1S/C14H13N3O4/c18-13(19)10-5-1-4-9-11(14(20)21)16-12(17(9)10)8-3-2-6-15-7-8/h2-3,6-7,10H,1,4-5H2,(H,18,19)(H,20,21). The Balaban J connectivity index is 2.25. The zero-order chi connectivity index (χ0) is 15.0. The van der Waals surface area contributed by atoms with Crippen molar-refractivity contribution in [1.82, 2.24) is 14.5 Å². The molecule has 0 aromatic carbocycles. The van der Waals surface area contributed by atoms with Crippen LogP contribution < -0.4 is 0 Å². The summed E-state index contributed by atoms with van der Waals surface area (Å²) in [7, 11) is 0. The number of hydrogen-bond donors (Lipinski definition) is 2. The van der Waals surface area contributed by atoms with Gasteiger partial charge >= 0.3 is 11.9 Å². The van der Waals surface area contributed by atoms with Crippen molar-refractivity contribution < 1.29 is 19.8 Å². The summed E-state index contributed by atoms with van der Waals surface area (Å²) in [4.78, 5) is 31.0. The molecule has 21 heavy (non-hydrogen) atoms. The van der Waals surface area contributed by atoms with E-state index in [4.69, 9.17) is 0 Å². The number of carboxylic acids is 2. The minimum atomic E-state index is -1.14. The van der Waals surface area contributed by atoms with Crippen molar-refractivity contribution >= 4 is 11.9 Å². The van der Waals surface area contributed by atoms with Crippen LogP contribution in [0.2, 0.25) is 0 Å². The quantitative estimate of drug-likeness (QED) is 0.888. The zero-order valence-electron chi connectivity index (χ0n) is 11.1. The summed E-state index contributed by atoms with van der Waals surface area (Å²) < 4.78 is 1.53. The minimum absolute atomic E-state index is 0.0696. The number of aromatic nitrogens is 3. The smallest absolute Gasteiger partial charge is 0.356 e. The Hall–Kier alpha value is -2.70. The van der Waals surface area contributed by atoms with E-state index in [-0.39, 0.29) is 5.69 Å². The predicted molar refractivity (Wildman–Crippen MR) is 72.0 cm³/mol. The highest BCUT2D eigenvalue weighted by atomic mass is 16.4. The monoisotopic (exact) mass is 287 g/mol. The second-order valence-electron chi connectivity index (χ2n) is 4.89. The van der Waals surface area contributed by atoms with E-state index < -0.39 is 18.0 Å². The van der Waals surface area contributed by atoms with Crippen LogP contribution >= 0.6 is 0 Å². The summed E-state index contributed by atoms with van der Waals surface area (Å²) >= 11 is 0. The molecule has 0 radical (unpaired) electrons. The van der Waals surface area contributed by atoms with Gasteiger partial charge in [0, 0.05) is 18.0 Å². The fraction of sp³-hybridized carbons (Fsp3) is 0.286. The van der Waals surface area contributed by atoms with Gasteiger partial charge in [0.2, 0.25) is 0 Å². The highest BCUT2D eigenvalue weighted by Crippen LogP contribution is 2.33. The number of nitrogens with zero attached hydrogens (tertiary/aromatic N) is 3. The number of fused-ring (bicyclic) bond motifs is 1. The summed E-state index contributed by atoms with van der Waals surface area (Å²) in [6.07, 6.45) is 4.75. The molecule has 0 amide bonds. The second-order valence-corrected chi connectivity index (χ2v) is 4.89. The maximum absolute atomic E-state index is 11.5. The Morgan fingerprint density at radius 2 is 2.14 bits per heavy atom. The Bertz CT molecular complexity index is 709. The van der Waals surface area contributed by atoms with E-state index in [2.05, 4.69) is 9.97 Å². The summed E-state index contributed by atoms with van der Waals surface area (Å²) in [5.74, 6) is -1.77. The molecule has 1 aliphatic heterocycles. The Labute approximate surface area is 119 Å². The van der Waals surface area contributed by atoms with Gasteiger partial charge in [0.15, 0.2) is 5.69 Å². The van der Waals surface area contributed by atoms with Crippen LogP contribution in [0.1, 0.15) is 35.1 Å². The molecule has 2 aromatic heterocycles. The van der Waals surface area contributed by atoms with Gasteiger partial charge in [0.1, 0.15) is 11.9 Å². The predicted octanol–water partition coefficient (Wildman–Crippen LogP) is 1.61. The molecule has 3 heterocycles. The van der Waals surface area contributed by atoms with Crippen LogP contribution in [-0.2, 0) is 11.2 Å². The number of rotatable bonds is 3. The highest BCUT2D eigenvalue weighted by molar-refractivity contribution is 5.88. The van der Waals surface area contributed by atoms with Crippen molar-refractivity contribution in [3.05, 3.63) is 35.9 Å². The molecule has 0 spiro atoms. The molecular weight excluding hydrogens is 274 g/mol. The molecule has 1 unspecified atom stereocenters. The van der Waals surface area contributed by atoms with E-state index >= 15 is 0 Å². The number of carboxylic acid groups (broad SMARTS) is 2. The van der Waals surface area contributed by atoms with Crippen LogP contribution in [0.5, 0.6) is 0 Å². The van der Waals surface area contributed by atoms with Crippen molar-refractivity contribution in [1.29, 1.82) is 0 Å². The third kappa shape index (κ3) is 2.16. The lowest BCUT2D eigenvalue weighted by atomic mass is 10.0. The maximum Gasteiger partial charge on any atom is 0.356 e. The lowest BCUT2D eigenvalue weighted by molar-refractivity contribution is -0.141. The SMILES string of the molecule is O=C(O)c1nc(-c2cccnc2)n2c1CCCC2C(=O)O. The number of carbonyl (C=O) groups is 2. The van der Waals surface area contributed by atoms with Crippen molar-refractivity contribution in [2.45, 2.75) is 25.3 Å². The van der Waals surface area contributed by atoms with Crippen LogP contribution in [0.25, 0.3) is 11.4 Å². The minimum Gasteiger partial charge on any atom is -0.480 e. The van der Waals surface area contributed by atoms with Crippen LogP contribution in [-0.4, -0.2) is 36.7 Å². The maximum atomic E-state index is 11.5. The van der Waals surface area contributed by atoms with Crippen LogP contribution in [0.15, 0.2) is 24.5 Å². The van der Waals surface area contributed by atoms with Gasteiger partial charge in [-0.05, 0) is 31.4 Å². The summed E-state index contributed by atoms with van der Waals surface area (Å²) in [5.41, 5.74) is 1.01. The molecule has 0 saturated heterocycles. The topological polar surface area (TPSA) is 105 Å². The summed E-state index contributed by atoms with van der Waals surface area (Å²) in [5, 5.41) is 18.7. The van der Waals surface area contributed by atoms with Gasteiger partial charge in [-0.1, -0.05) is 0 Å². The van der Waals surface area contributed by atoms with E-state index in [9.17, 15) is 19.8 Å². The molecule has 2 aromatic rings. The number of imidazole rings is 1. The van der Waals surface area contributed by atoms with Crippen molar-refractivity contribution in [3.8, 4) is 11.4 Å². The summed E-state index contributed by atoms with van der Waals surface area (Å²) in [6.45, 7) is 0. The molecule has 0 saturated carbocycles. The Kier molecular flexibility index (Phi) is 3.17. The number of hydrogen-bond acceptors (Lipinski definition) is 4. The van der Waals surface area contributed by atoms with Gasteiger partial charge in [0.05, 0.1) is 5.69 Å². The first kappa shape index (κ1) is 13.3. The van der Waals surface area contributed by atoms with E-state index in [0.717, 1.165) is 0 Å². The van der Waals surface area contributed by atoms with Crippen molar-refractivity contribution in [2.24, 2.45) is 0 Å². The van der Waals surface area contributed by atoms with Gasteiger partial charge in [-0.25, -0.2) is 14.6 Å². The Morgan fingerprint density at radius 3 is 2.76 bits per heavy atom. The first-order valence-corrected chi connectivity index (χ1v) is 6.57. The Morgan fingerprint density at radius 1 is 1.33 bits per heavy atom. The molecular formula is C14H13N3O4. The van der Waals surface area contributed by atoms with Crippen LogP contribution in [0, 0.1) is 0 Å². The first-order chi connectivity index (χ1) is 10.1. The highest BCUT2D eigenvalue weighted by Gasteiger charge is 2.33. The van der Waals surface area contributed by atoms with Crippen LogP contribution in [0.3, 0.4) is 0 Å². The molecule has 7 nitrogen and oxygen atoms in total. The molecule has 0 bridgehead atoms. The normalized spacial score (nSPS) is 17.2. The fourth-order valence-electron chi connectivity index (χ4n) is 2.74. The largest absolute Gasteiger partial charge is 0.480 e. The van der Waals surface area contributed by atoms with E-state index in [1.54, 1.807) is 24.5 Å². The molecule has 1 aliphatic rings. The molecule has 0 aliphatic carbocycles. The van der Waals surface area contributed by atoms with Crippen LogP contribution in [0.4, 0.5) is 0 Å². The van der Waals surface area contributed by atoms with Gasteiger partial charge in [-0.2, -0.15) is 0 Å². The third-order valence-corrected chi connectivity index (χ3v) is 3.62. The molecule has 3 rings (SSSR count). The molecule has 0 fully saturated rings. The van der Waals surface area contributed by atoms with Crippen molar-refractivity contribution in [3.63, 3.8) is 0 Å². The fourth-order valence-corrected chi connectivity index (χ4v) is 2.74. The van der Waals surface area contributed by atoms with Gasteiger partial charge in [-0.15, -0.1) is 0 Å². The molecule has 7 heteroatoms. The van der Waals surface area contributed by atoms with E-state index in [0.29, 0.717) is 36.3 Å². The van der Waals surface area contributed by atoms with Crippen molar-refractivity contribution in [2.75, 3.05) is 0 Å². The first-order valence-electron chi connectivity index (χ1n) is 6.57. The number of aliphatic carboxylic acids is 1. The number of pyridine rings is 1. The average molecular weight is 287 g/mol. The van der Waals surface area contributed by atoms with Gasteiger partial charge in [-0.3, -0.25) is 4.98 Å².